The van der Waals surface area contributed by atoms with Gasteiger partial charge in [-0.25, -0.2) is 4.79 Å². The van der Waals surface area contributed by atoms with Gasteiger partial charge in [0.15, 0.2) is 6.10 Å². The van der Waals surface area contributed by atoms with Crippen LogP contribution in [0.2, 0.25) is 0 Å². The summed E-state index contributed by atoms with van der Waals surface area (Å²) in [5, 5.41) is 35.4. The zero-order valence-electron chi connectivity index (χ0n) is 9.33. The molecular weight excluding hydrogens is 238 g/mol. The van der Waals surface area contributed by atoms with Gasteiger partial charge in [0.2, 0.25) is 0 Å². The summed E-state index contributed by atoms with van der Waals surface area (Å²) in [6, 6.07) is 5.95. The SMILES string of the molecule is N#Cc1cc(C(O)C(=O)O)ccc1CCC(=O)O. The van der Waals surface area contributed by atoms with Crippen LogP contribution in [-0.4, -0.2) is 27.3 Å². The van der Waals surface area contributed by atoms with Crippen molar-refractivity contribution >= 4 is 11.9 Å². The summed E-state index contributed by atoms with van der Waals surface area (Å²) in [6.45, 7) is 0. The van der Waals surface area contributed by atoms with E-state index in [2.05, 4.69) is 0 Å². The van der Waals surface area contributed by atoms with E-state index >= 15 is 0 Å². The predicted molar refractivity (Wildman–Crippen MR) is 59.7 cm³/mol. The van der Waals surface area contributed by atoms with Gasteiger partial charge in [-0.1, -0.05) is 12.1 Å². The molecule has 0 aliphatic rings. The number of nitriles is 1. The molecule has 1 aromatic rings. The minimum atomic E-state index is -1.69. The summed E-state index contributed by atoms with van der Waals surface area (Å²) in [5.41, 5.74) is 0.786. The highest BCUT2D eigenvalue weighted by molar-refractivity contribution is 5.74. The number of rotatable bonds is 5. The Morgan fingerprint density at radius 3 is 2.50 bits per heavy atom. The van der Waals surface area contributed by atoms with Gasteiger partial charge in [-0.2, -0.15) is 5.26 Å². The fourth-order valence-electron chi connectivity index (χ4n) is 1.47. The summed E-state index contributed by atoms with van der Waals surface area (Å²) >= 11 is 0. The van der Waals surface area contributed by atoms with Crippen molar-refractivity contribution in [3.8, 4) is 6.07 Å². The molecule has 0 aliphatic heterocycles. The van der Waals surface area contributed by atoms with Crippen molar-refractivity contribution < 1.29 is 24.9 Å². The minimum absolute atomic E-state index is 0.0955. The number of carboxylic acids is 2. The van der Waals surface area contributed by atoms with Gasteiger partial charge < -0.3 is 15.3 Å². The zero-order chi connectivity index (χ0) is 13.7. The Morgan fingerprint density at radius 1 is 1.33 bits per heavy atom. The van der Waals surface area contributed by atoms with Crippen molar-refractivity contribution in [1.82, 2.24) is 0 Å². The van der Waals surface area contributed by atoms with Crippen LogP contribution in [0.15, 0.2) is 18.2 Å². The van der Waals surface area contributed by atoms with Crippen molar-refractivity contribution in [2.24, 2.45) is 0 Å². The lowest BCUT2D eigenvalue weighted by molar-refractivity contribution is -0.147. The number of aliphatic hydroxyl groups is 1. The molecule has 0 radical (unpaired) electrons. The lowest BCUT2D eigenvalue weighted by Crippen LogP contribution is -2.11. The summed E-state index contributed by atoms with van der Waals surface area (Å²) in [6.07, 6.45) is -1.62. The smallest absolute Gasteiger partial charge is 0.337 e. The number of aliphatic hydroxyl groups excluding tert-OH is 1. The molecule has 0 heterocycles. The molecule has 0 amide bonds. The summed E-state index contributed by atoms with van der Waals surface area (Å²) in [5.74, 6) is -2.38. The van der Waals surface area contributed by atoms with Crippen LogP contribution in [0.25, 0.3) is 0 Å². The molecule has 1 unspecified atom stereocenters. The van der Waals surface area contributed by atoms with Crippen molar-refractivity contribution in [2.45, 2.75) is 18.9 Å². The van der Waals surface area contributed by atoms with E-state index in [1.54, 1.807) is 0 Å². The van der Waals surface area contributed by atoms with Crippen LogP contribution in [0.5, 0.6) is 0 Å². The molecule has 3 N–H and O–H groups in total. The maximum absolute atomic E-state index is 10.6. The van der Waals surface area contributed by atoms with Crippen molar-refractivity contribution in [1.29, 1.82) is 5.26 Å². The highest BCUT2D eigenvalue weighted by atomic mass is 16.4. The average Bonchev–Trinajstić information content (AvgIpc) is 2.34. The Morgan fingerprint density at radius 2 is 2.00 bits per heavy atom. The van der Waals surface area contributed by atoms with E-state index in [-0.39, 0.29) is 24.0 Å². The lowest BCUT2D eigenvalue weighted by Gasteiger charge is -2.08. The van der Waals surface area contributed by atoms with Crippen molar-refractivity contribution in [2.75, 3.05) is 0 Å². The molecule has 1 aromatic carbocycles. The molecule has 0 spiro atoms. The molecule has 0 aliphatic carbocycles. The second-order valence-electron chi connectivity index (χ2n) is 3.66. The maximum Gasteiger partial charge on any atom is 0.337 e. The molecule has 18 heavy (non-hydrogen) atoms. The van der Waals surface area contributed by atoms with E-state index in [0.29, 0.717) is 5.56 Å². The third-order valence-corrected chi connectivity index (χ3v) is 2.41. The third-order valence-electron chi connectivity index (χ3n) is 2.41. The number of carboxylic acid groups (broad SMARTS) is 2. The topological polar surface area (TPSA) is 119 Å². The van der Waals surface area contributed by atoms with Gasteiger partial charge >= 0.3 is 11.9 Å². The van der Waals surface area contributed by atoms with Crippen molar-refractivity contribution in [3.63, 3.8) is 0 Å². The standard InChI is InChI=1S/C12H11NO5/c13-6-9-5-8(11(16)12(17)18)2-1-7(9)3-4-10(14)15/h1-2,5,11,16H,3-4H2,(H,14,15)(H,17,18). The van der Waals surface area contributed by atoms with Gasteiger partial charge in [0.1, 0.15) is 0 Å². The summed E-state index contributed by atoms with van der Waals surface area (Å²) < 4.78 is 0. The maximum atomic E-state index is 10.6. The Bertz CT molecular complexity index is 518. The molecule has 0 saturated carbocycles. The van der Waals surface area contributed by atoms with E-state index in [0.717, 1.165) is 0 Å². The van der Waals surface area contributed by atoms with Crippen LogP contribution >= 0.6 is 0 Å². The molecule has 6 nitrogen and oxygen atoms in total. The number of nitrogens with zero attached hydrogens (tertiary/aromatic N) is 1. The van der Waals surface area contributed by atoms with E-state index in [1.807, 2.05) is 6.07 Å². The Balaban J connectivity index is 3.01. The molecule has 1 rings (SSSR count). The largest absolute Gasteiger partial charge is 0.481 e. The highest BCUT2D eigenvalue weighted by Crippen LogP contribution is 2.19. The second-order valence-corrected chi connectivity index (χ2v) is 3.66. The van der Waals surface area contributed by atoms with Crippen LogP contribution in [0, 0.1) is 11.3 Å². The molecule has 0 bridgehead atoms. The molecular formula is C12H11NO5. The van der Waals surface area contributed by atoms with Crippen LogP contribution in [0.1, 0.15) is 29.2 Å². The first-order chi connectivity index (χ1) is 8.45. The number of aryl methyl sites for hydroxylation is 1. The Labute approximate surface area is 103 Å². The molecule has 0 fully saturated rings. The van der Waals surface area contributed by atoms with Gasteiger partial charge in [0.25, 0.3) is 0 Å². The van der Waals surface area contributed by atoms with Crippen LogP contribution in [0.3, 0.4) is 0 Å². The van der Waals surface area contributed by atoms with E-state index in [9.17, 15) is 14.7 Å². The molecule has 6 heteroatoms. The van der Waals surface area contributed by atoms with Crippen LogP contribution in [-0.2, 0) is 16.0 Å². The molecule has 0 aromatic heterocycles. The number of carbonyl (C=O) groups is 2. The van der Waals surface area contributed by atoms with Crippen molar-refractivity contribution in [3.05, 3.63) is 34.9 Å². The molecule has 94 valence electrons. The Hall–Kier alpha value is -2.39. The van der Waals surface area contributed by atoms with E-state index in [1.165, 1.54) is 18.2 Å². The van der Waals surface area contributed by atoms with Gasteiger partial charge in [-0.3, -0.25) is 4.79 Å². The first-order valence-electron chi connectivity index (χ1n) is 5.11. The lowest BCUT2D eigenvalue weighted by atomic mass is 9.98. The average molecular weight is 249 g/mol. The normalized spacial score (nSPS) is 11.6. The monoisotopic (exact) mass is 249 g/mol. The fourth-order valence-corrected chi connectivity index (χ4v) is 1.47. The number of benzene rings is 1. The minimum Gasteiger partial charge on any atom is -0.481 e. The third kappa shape index (κ3) is 3.30. The van der Waals surface area contributed by atoms with Gasteiger partial charge in [-0.15, -0.1) is 0 Å². The fraction of sp³-hybridized carbons (Fsp3) is 0.250. The number of hydrogen-bond donors (Lipinski definition) is 3. The van der Waals surface area contributed by atoms with E-state index < -0.39 is 18.0 Å². The predicted octanol–water partition coefficient (Wildman–Crippen LogP) is 0.693. The van der Waals surface area contributed by atoms with Gasteiger partial charge in [0, 0.05) is 6.42 Å². The van der Waals surface area contributed by atoms with Crippen LogP contribution < -0.4 is 0 Å². The Kier molecular flexibility index (Phi) is 4.40. The second kappa shape index (κ2) is 5.80. The quantitative estimate of drug-likeness (QED) is 0.706. The zero-order valence-corrected chi connectivity index (χ0v) is 9.33. The first-order valence-corrected chi connectivity index (χ1v) is 5.11. The summed E-state index contributed by atoms with van der Waals surface area (Å²) in [7, 11) is 0. The molecule has 0 saturated heterocycles. The highest BCUT2D eigenvalue weighted by Gasteiger charge is 2.17. The van der Waals surface area contributed by atoms with Gasteiger partial charge in [-0.05, 0) is 23.6 Å². The van der Waals surface area contributed by atoms with Crippen LogP contribution in [0.4, 0.5) is 0 Å². The van der Waals surface area contributed by atoms with Gasteiger partial charge in [0.05, 0.1) is 11.6 Å². The van der Waals surface area contributed by atoms with E-state index in [4.69, 9.17) is 15.5 Å². The number of aliphatic carboxylic acids is 2. The number of hydrogen-bond acceptors (Lipinski definition) is 4. The molecule has 1 atom stereocenters. The first kappa shape index (κ1) is 13.7. The summed E-state index contributed by atoms with van der Waals surface area (Å²) in [4.78, 5) is 21.0.